The Morgan fingerprint density at radius 1 is 1.33 bits per heavy atom. The van der Waals surface area contributed by atoms with Crippen molar-refractivity contribution in [3.8, 4) is 0 Å². The Hall–Kier alpha value is -1.65. The molecule has 0 fully saturated rings. The molecule has 5 heteroatoms. The molecule has 0 spiro atoms. The SMILES string of the molecule is C[C@H]1OC(O)=[NH+][C@H]1c1ccc(F)c(F)c1. The van der Waals surface area contributed by atoms with Gasteiger partial charge in [-0.25, -0.2) is 8.78 Å². The standard InChI is InChI=1S/C10H9F2NO2/c1-5-9(13-10(14)15-5)6-2-3-7(11)8(12)4-6/h2-5,9H,1H3,(H,13,14)/p+1/t5-,9-/m1/s1. The summed E-state index contributed by atoms with van der Waals surface area (Å²) in [6.07, 6.45) is -0.618. The molecule has 3 nitrogen and oxygen atoms in total. The van der Waals surface area contributed by atoms with E-state index in [2.05, 4.69) is 4.99 Å². The molecule has 0 radical (unpaired) electrons. The average molecular weight is 214 g/mol. The van der Waals surface area contributed by atoms with Gasteiger partial charge in [0.2, 0.25) is 6.04 Å². The highest BCUT2D eigenvalue weighted by Gasteiger charge is 2.35. The molecule has 15 heavy (non-hydrogen) atoms. The van der Waals surface area contributed by atoms with Crippen LogP contribution >= 0.6 is 0 Å². The number of ether oxygens (including phenoxy) is 1. The zero-order valence-corrected chi connectivity index (χ0v) is 8.00. The quantitative estimate of drug-likeness (QED) is 0.711. The third-order valence-corrected chi connectivity index (χ3v) is 2.35. The predicted octanol–water partition coefficient (Wildman–Crippen LogP) is 0.419. The van der Waals surface area contributed by atoms with Gasteiger partial charge in [0.05, 0.1) is 0 Å². The fourth-order valence-electron chi connectivity index (χ4n) is 1.59. The summed E-state index contributed by atoms with van der Waals surface area (Å²) in [6, 6.07) is 3.23. The smallest absolute Gasteiger partial charge is 0.430 e. The second-order valence-electron chi connectivity index (χ2n) is 3.42. The van der Waals surface area contributed by atoms with Gasteiger partial charge in [-0.05, 0) is 25.1 Å². The lowest BCUT2D eigenvalue weighted by atomic mass is 10.0. The minimum Gasteiger partial charge on any atom is -0.430 e. The first-order chi connectivity index (χ1) is 7.08. The van der Waals surface area contributed by atoms with Crippen molar-refractivity contribution in [2.24, 2.45) is 0 Å². The number of halogens is 2. The first-order valence-corrected chi connectivity index (χ1v) is 4.52. The Kier molecular flexibility index (Phi) is 2.30. The normalized spacial score (nSPS) is 24.9. The molecule has 0 bridgehead atoms. The van der Waals surface area contributed by atoms with Gasteiger partial charge in [0.1, 0.15) is 0 Å². The molecule has 2 rings (SSSR count). The summed E-state index contributed by atoms with van der Waals surface area (Å²) in [5, 5.41) is 9.07. The molecule has 1 aromatic rings. The fourth-order valence-corrected chi connectivity index (χ4v) is 1.59. The van der Waals surface area contributed by atoms with Gasteiger partial charge in [0, 0.05) is 5.56 Å². The number of hydrogen-bond acceptors (Lipinski definition) is 1. The Balaban J connectivity index is 2.34. The molecule has 80 valence electrons. The molecular weight excluding hydrogens is 204 g/mol. The van der Waals surface area contributed by atoms with Crippen LogP contribution in [0.4, 0.5) is 8.78 Å². The summed E-state index contributed by atoms with van der Waals surface area (Å²) >= 11 is 0. The van der Waals surface area contributed by atoms with Crippen molar-refractivity contribution in [2.45, 2.75) is 19.1 Å². The molecule has 2 atom stereocenters. The van der Waals surface area contributed by atoms with Crippen molar-refractivity contribution in [3.63, 3.8) is 0 Å². The van der Waals surface area contributed by atoms with Crippen LogP contribution in [0, 0.1) is 11.6 Å². The molecule has 1 aliphatic rings. The first-order valence-electron chi connectivity index (χ1n) is 4.52. The van der Waals surface area contributed by atoms with E-state index in [-0.39, 0.29) is 18.2 Å². The van der Waals surface area contributed by atoms with Gasteiger partial charge in [-0.2, -0.15) is 4.99 Å². The summed E-state index contributed by atoms with van der Waals surface area (Å²) in [6.45, 7) is 1.72. The first kappa shape index (κ1) is 9.89. The fraction of sp³-hybridized carbons (Fsp3) is 0.300. The van der Waals surface area contributed by atoms with Gasteiger partial charge in [0.25, 0.3) is 0 Å². The molecule has 2 N–H and O–H groups in total. The molecule has 1 aliphatic heterocycles. The van der Waals surface area contributed by atoms with Crippen molar-refractivity contribution in [1.82, 2.24) is 0 Å². The van der Waals surface area contributed by atoms with Crippen molar-refractivity contribution >= 4 is 6.08 Å². The Bertz CT molecular complexity index is 420. The topological polar surface area (TPSA) is 43.4 Å². The van der Waals surface area contributed by atoms with Gasteiger partial charge in [0.15, 0.2) is 17.7 Å². The number of rotatable bonds is 1. The van der Waals surface area contributed by atoms with Gasteiger partial charge in [-0.1, -0.05) is 0 Å². The molecule has 0 saturated heterocycles. The van der Waals surface area contributed by atoms with Crippen LogP contribution in [0.3, 0.4) is 0 Å². The van der Waals surface area contributed by atoms with Crippen LogP contribution in [0.15, 0.2) is 18.2 Å². The van der Waals surface area contributed by atoms with E-state index in [1.54, 1.807) is 6.92 Å². The minimum absolute atomic E-state index is 0.294. The van der Waals surface area contributed by atoms with Crippen LogP contribution < -0.4 is 4.99 Å². The van der Waals surface area contributed by atoms with Gasteiger partial charge >= 0.3 is 6.08 Å². The van der Waals surface area contributed by atoms with Crippen molar-refractivity contribution in [1.29, 1.82) is 0 Å². The van der Waals surface area contributed by atoms with E-state index in [1.807, 2.05) is 0 Å². The highest BCUT2D eigenvalue weighted by atomic mass is 19.2. The minimum atomic E-state index is -0.909. The van der Waals surface area contributed by atoms with Crippen LogP contribution in [0.25, 0.3) is 0 Å². The maximum absolute atomic E-state index is 12.9. The van der Waals surface area contributed by atoms with Crippen LogP contribution in [0.5, 0.6) is 0 Å². The lowest BCUT2D eigenvalue weighted by molar-refractivity contribution is -0.509. The predicted molar refractivity (Wildman–Crippen MR) is 48.2 cm³/mol. The highest BCUT2D eigenvalue weighted by Crippen LogP contribution is 2.19. The molecule has 0 amide bonds. The van der Waals surface area contributed by atoms with Crippen LogP contribution in [0.1, 0.15) is 18.5 Å². The summed E-state index contributed by atoms with van der Waals surface area (Å²) in [5.74, 6) is -1.80. The highest BCUT2D eigenvalue weighted by molar-refractivity contribution is 5.58. The van der Waals surface area contributed by atoms with Crippen molar-refractivity contribution in [3.05, 3.63) is 35.4 Å². The molecule has 1 heterocycles. The summed E-state index contributed by atoms with van der Waals surface area (Å²) in [7, 11) is 0. The second kappa shape index (κ2) is 3.49. The van der Waals surface area contributed by atoms with Crippen LogP contribution in [-0.2, 0) is 4.74 Å². The number of hydrogen-bond donors (Lipinski definition) is 2. The van der Waals surface area contributed by atoms with E-state index in [1.165, 1.54) is 6.07 Å². The zero-order chi connectivity index (χ0) is 11.0. The lowest BCUT2D eigenvalue weighted by Crippen LogP contribution is -2.72. The van der Waals surface area contributed by atoms with E-state index in [0.29, 0.717) is 5.56 Å². The summed E-state index contributed by atoms with van der Waals surface area (Å²) < 4.78 is 30.6. The third kappa shape index (κ3) is 1.77. The zero-order valence-electron chi connectivity index (χ0n) is 8.00. The van der Waals surface area contributed by atoms with Crippen LogP contribution in [-0.4, -0.2) is 17.3 Å². The number of aliphatic hydroxyl groups is 1. The number of nitrogens with one attached hydrogen (secondary N) is 1. The van der Waals surface area contributed by atoms with Crippen molar-refractivity contribution in [2.75, 3.05) is 0 Å². The van der Waals surface area contributed by atoms with Gasteiger partial charge in [-0.15, -0.1) is 0 Å². The van der Waals surface area contributed by atoms with E-state index in [9.17, 15) is 8.78 Å². The monoisotopic (exact) mass is 214 g/mol. The van der Waals surface area contributed by atoms with Crippen molar-refractivity contribution < 1.29 is 23.6 Å². The average Bonchev–Trinajstić information content (AvgIpc) is 2.50. The Morgan fingerprint density at radius 3 is 2.60 bits per heavy atom. The molecule has 0 aromatic heterocycles. The van der Waals surface area contributed by atoms with E-state index >= 15 is 0 Å². The maximum Gasteiger partial charge on any atom is 0.546 e. The van der Waals surface area contributed by atoms with Gasteiger partial charge < -0.3 is 9.84 Å². The summed E-state index contributed by atoms with van der Waals surface area (Å²) in [4.78, 5) is 2.63. The molecular formula is C10H10F2NO2+. The largest absolute Gasteiger partial charge is 0.546 e. The third-order valence-electron chi connectivity index (χ3n) is 2.35. The number of aliphatic hydroxyl groups excluding tert-OH is 1. The summed E-state index contributed by atoms with van der Waals surface area (Å²) in [5.41, 5.74) is 0.533. The molecule has 0 saturated carbocycles. The molecule has 0 aliphatic carbocycles. The lowest BCUT2D eigenvalue weighted by Gasteiger charge is -2.07. The second-order valence-corrected chi connectivity index (χ2v) is 3.42. The molecule has 0 unspecified atom stereocenters. The Labute approximate surface area is 85.0 Å². The van der Waals surface area contributed by atoms with E-state index in [4.69, 9.17) is 9.84 Å². The van der Waals surface area contributed by atoms with Gasteiger partial charge in [-0.3, -0.25) is 0 Å². The maximum atomic E-state index is 12.9. The van der Waals surface area contributed by atoms with Crippen LogP contribution in [0.2, 0.25) is 0 Å². The Morgan fingerprint density at radius 2 is 2.07 bits per heavy atom. The number of benzene rings is 1. The molecule has 1 aromatic carbocycles. The van der Waals surface area contributed by atoms with E-state index < -0.39 is 11.6 Å². The van der Waals surface area contributed by atoms with E-state index in [0.717, 1.165) is 12.1 Å².